The summed E-state index contributed by atoms with van der Waals surface area (Å²) in [5.41, 5.74) is 1.12. The van der Waals surface area contributed by atoms with Crippen molar-refractivity contribution in [2.24, 2.45) is 0 Å². The Morgan fingerprint density at radius 1 is 1.22 bits per heavy atom. The molecule has 1 aliphatic rings. The summed E-state index contributed by atoms with van der Waals surface area (Å²) in [6.45, 7) is 3.35. The highest BCUT2D eigenvalue weighted by atomic mass is 16.7. The largest absolute Gasteiger partial charge is 0.454 e. The van der Waals surface area contributed by atoms with E-state index in [4.69, 9.17) is 14.0 Å². The van der Waals surface area contributed by atoms with Gasteiger partial charge in [0.25, 0.3) is 0 Å². The lowest BCUT2D eigenvalue weighted by atomic mass is 10.2. The summed E-state index contributed by atoms with van der Waals surface area (Å²) < 4.78 is 15.6. The van der Waals surface area contributed by atoms with E-state index in [-0.39, 0.29) is 0 Å². The monoisotopic (exact) mass is 247 g/mol. The van der Waals surface area contributed by atoms with Crippen LogP contribution in [-0.4, -0.2) is 16.9 Å². The first-order valence-corrected chi connectivity index (χ1v) is 5.70. The third kappa shape index (κ3) is 2.28. The first-order valence-electron chi connectivity index (χ1n) is 5.70. The summed E-state index contributed by atoms with van der Waals surface area (Å²) in [5.74, 6) is 2.83. The first kappa shape index (κ1) is 11.0. The van der Waals surface area contributed by atoms with Gasteiger partial charge in [-0.1, -0.05) is 11.2 Å². The van der Waals surface area contributed by atoms with Crippen LogP contribution in [0.3, 0.4) is 0 Å². The Balaban J connectivity index is 1.57. The SMILES string of the molecule is Cc1noc(CNCc2ccc3c(c2)OCO3)n1. The zero-order valence-electron chi connectivity index (χ0n) is 9.97. The van der Waals surface area contributed by atoms with Crippen molar-refractivity contribution >= 4 is 0 Å². The zero-order valence-corrected chi connectivity index (χ0v) is 9.97. The van der Waals surface area contributed by atoms with Crippen molar-refractivity contribution in [2.75, 3.05) is 6.79 Å². The molecule has 2 aromatic rings. The predicted molar refractivity (Wildman–Crippen MR) is 62.1 cm³/mol. The van der Waals surface area contributed by atoms with Gasteiger partial charge in [-0.25, -0.2) is 0 Å². The molecule has 94 valence electrons. The Labute approximate surface area is 104 Å². The van der Waals surface area contributed by atoms with E-state index in [2.05, 4.69) is 15.5 Å². The average molecular weight is 247 g/mol. The molecule has 1 aliphatic heterocycles. The fourth-order valence-corrected chi connectivity index (χ4v) is 1.78. The molecular weight excluding hydrogens is 234 g/mol. The molecule has 6 heteroatoms. The van der Waals surface area contributed by atoms with Crippen LogP contribution in [0, 0.1) is 6.92 Å². The number of fused-ring (bicyclic) bond motifs is 1. The number of nitrogens with zero attached hydrogens (tertiary/aromatic N) is 2. The van der Waals surface area contributed by atoms with Gasteiger partial charge in [0.05, 0.1) is 6.54 Å². The van der Waals surface area contributed by atoms with E-state index in [0.29, 0.717) is 31.6 Å². The number of nitrogens with one attached hydrogen (secondary N) is 1. The molecule has 1 aromatic heterocycles. The smallest absolute Gasteiger partial charge is 0.240 e. The molecular formula is C12H13N3O3. The Morgan fingerprint density at radius 3 is 2.94 bits per heavy atom. The molecule has 18 heavy (non-hydrogen) atoms. The topological polar surface area (TPSA) is 69.4 Å². The number of rotatable bonds is 4. The second-order valence-corrected chi connectivity index (χ2v) is 4.03. The highest BCUT2D eigenvalue weighted by Gasteiger charge is 2.12. The molecule has 0 fully saturated rings. The number of benzene rings is 1. The van der Waals surface area contributed by atoms with E-state index < -0.39 is 0 Å². The van der Waals surface area contributed by atoms with Gasteiger partial charge in [0, 0.05) is 6.54 Å². The van der Waals surface area contributed by atoms with Crippen molar-refractivity contribution in [1.82, 2.24) is 15.5 Å². The lowest BCUT2D eigenvalue weighted by Crippen LogP contribution is -2.12. The Bertz CT molecular complexity index is 553. The van der Waals surface area contributed by atoms with Crippen LogP contribution >= 0.6 is 0 Å². The average Bonchev–Trinajstić information content (AvgIpc) is 2.97. The van der Waals surface area contributed by atoms with Gasteiger partial charge in [-0.3, -0.25) is 0 Å². The van der Waals surface area contributed by atoms with Gasteiger partial charge in [0.1, 0.15) is 0 Å². The van der Waals surface area contributed by atoms with Gasteiger partial charge >= 0.3 is 0 Å². The predicted octanol–water partition coefficient (Wildman–Crippen LogP) is 1.40. The summed E-state index contributed by atoms with van der Waals surface area (Å²) in [5, 5.41) is 6.96. The highest BCUT2D eigenvalue weighted by molar-refractivity contribution is 5.44. The standard InChI is InChI=1S/C12H13N3O3/c1-8-14-12(18-15-8)6-13-5-9-2-3-10-11(4-9)17-7-16-10/h2-4,13H,5-7H2,1H3. The highest BCUT2D eigenvalue weighted by Crippen LogP contribution is 2.32. The van der Waals surface area contributed by atoms with Gasteiger partial charge < -0.3 is 19.3 Å². The molecule has 0 atom stereocenters. The molecule has 0 amide bonds. The molecule has 0 saturated heterocycles. The molecule has 1 N–H and O–H groups in total. The summed E-state index contributed by atoms with van der Waals surface area (Å²) in [6.07, 6.45) is 0. The fourth-order valence-electron chi connectivity index (χ4n) is 1.78. The quantitative estimate of drug-likeness (QED) is 0.880. The van der Waals surface area contributed by atoms with Gasteiger partial charge in [-0.15, -0.1) is 0 Å². The number of ether oxygens (including phenoxy) is 2. The zero-order chi connectivity index (χ0) is 12.4. The van der Waals surface area contributed by atoms with Crippen molar-refractivity contribution in [3.8, 4) is 11.5 Å². The molecule has 0 saturated carbocycles. The van der Waals surface area contributed by atoms with Crippen molar-refractivity contribution < 1.29 is 14.0 Å². The molecule has 2 heterocycles. The van der Waals surface area contributed by atoms with E-state index in [9.17, 15) is 0 Å². The van der Waals surface area contributed by atoms with Crippen LogP contribution in [0.5, 0.6) is 11.5 Å². The van der Waals surface area contributed by atoms with Crippen LogP contribution in [0.4, 0.5) is 0 Å². The third-order valence-corrected chi connectivity index (χ3v) is 2.61. The Hall–Kier alpha value is -2.08. The molecule has 0 aliphatic carbocycles. The lowest BCUT2D eigenvalue weighted by Gasteiger charge is -2.03. The fraction of sp³-hybridized carbons (Fsp3) is 0.333. The second-order valence-electron chi connectivity index (χ2n) is 4.03. The molecule has 0 unspecified atom stereocenters. The van der Waals surface area contributed by atoms with E-state index in [0.717, 1.165) is 17.1 Å². The van der Waals surface area contributed by atoms with E-state index >= 15 is 0 Å². The van der Waals surface area contributed by atoms with Gasteiger partial charge in [0.2, 0.25) is 12.7 Å². The van der Waals surface area contributed by atoms with Crippen molar-refractivity contribution in [3.05, 3.63) is 35.5 Å². The summed E-state index contributed by atoms with van der Waals surface area (Å²) in [7, 11) is 0. The Kier molecular flexibility index (Phi) is 2.85. The van der Waals surface area contributed by atoms with Crippen LogP contribution in [0.2, 0.25) is 0 Å². The summed E-state index contributed by atoms with van der Waals surface area (Å²) in [4.78, 5) is 4.11. The van der Waals surface area contributed by atoms with Crippen LogP contribution in [0.1, 0.15) is 17.3 Å². The van der Waals surface area contributed by atoms with Gasteiger partial charge in [-0.2, -0.15) is 4.98 Å². The van der Waals surface area contributed by atoms with Gasteiger partial charge in [0.15, 0.2) is 17.3 Å². The number of hydrogen-bond donors (Lipinski definition) is 1. The molecule has 1 aromatic carbocycles. The second kappa shape index (κ2) is 4.66. The molecule has 3 rings (SSSR count). The van der Waals surface area contributed by atoms with Gasteiger partial charge in [-0.05, 0) is 24.6 Å². The molecule has 0 bridgehead atoms. The van der Waals surface area contributed by atoms with Crippen LogP contribution in [-0.2, 0) is 13.1 Å². The first-order chi connectivity index (χ1) is 8.81. The van der Waals surface area contributed by atoms with E-state index in [1.807, 2.05) is 18.2 Å². The summed E-state index contributed by atoms with van der Waals surface area (Å²) in [6, 6.07) is 5.88. The lowest BCUT2D eigenvalue weighted by molar-refractivity contribution is 0.174. The summed E-state index contributed by atoms with van der Waals surface area (Å²) >= 11 is 0. The Morgan fingerprint density at radius 2 is 2.11 bits per heavy atom. The minimum atomic E-state index is 0.299. The maximum absolute atomic E-state index is 5.32. The number of aromatic nitrogens is 2. The molecule has 6 nitrogen and oxygen atoms in total. The van der Waals surface area contributed by atoms with Crippen molar-refractivity contribution in [2.45, 2.75) is 20.0 Å². The molecule has 0 spiro atoms. The number of hydrogen-bond acceptors (Lipinski definition) is 6. The number of aryl methyl sites for hydroxylation is 1. The van der Waals surface area contributed by atoms with Crippen LogP contribution < -0.4 is 14.8 Å². The molecule has 0 radical (unpaired) electrons. The maximum Gasteiger partial charge on any atom is 0.240 e. The van der Waals surface area contributed by atoms with Crippen molar-refractivity contribution in [3.63, 3.8) is 0 Å². The van der Waals surface area contributed by atoms with Crippen LogP contribution in [0.15, 0.2) is 22.7 Å². The normalized spacial score (nSPS) is 12.9. The maximum atomic E-state index is 5.32. The van der Waals surface area contributed by atoms with E-state index in [1.54, 1.807) is 6.92 Å². The third-order valence-electron chi connectivity index (χ3n) is 2.61. The van der Waals surface area contributed by atoms with Crippen LogP contribution in [0.25, 0.3) is 0 Å². The van der Waals surface area contributed by atoms with E-state index in [1.165, 1.54) is 0 Å². The van der Waals surface area contributed by atoms with Crippen molar-refractivity contribution in [1.29, 1.82) is 0 Å². The minimum Gasteiger partial charge on any atom is -0.454 e. The minimum absolute atomic E-state index is 0.299.